The molecular weight excluding hydrogens is 360 g/mol. The number of benzene rings is 1. The van der Waals surface area contributed by atoms with Crippen molar-refractivity contribution in [2.45, 2.75) is 31.2 Å². The maximum atomic E-state index is 12.3. The van der Waals surface area contributed by atoms with Crippen LogP contribution in [-0.2, 0) is 14.8 Å². The number of nitrogens with two attached hydrogens (primary N) is 1. The Morgan fingerprint density at radius 2 is 2.10 bits per heavy atom. The average molecular weight is 379 g/mol. The highest BCUT2D eigenvalue weighted by Gasteiger charge is 2.28. The first-order valence-corrected chi connectivity index (χ1v) is 8.65. The SMILES string of the molecule is CCC(C)C(NS(=O)(=O)c1ccc(OC)c(Br)c1)C(N)=O. The number of ether oxygens (including phenoxy) is 1. The Balaban J connectivity index is 3.10. The third kappa shape index (κ3) is 4.42. The number of rotatable bonds is 7. The summed E-state index contributed by atoms with van der Waals surface area (Å²) in [7, 11) is -2.36. The standard InChI is InChI=1S/C13H19BrN2O4S/c1-4-8(2)12(13(15)17)16-21(18,19)9-5-6-11(20-3)10(14)7-9/h5-8,12,16H,4H2,1-3H3,(H2,15,17). The van der Waals surface area contributed by atoms with E-state index in [9.17, 15) is 13.2 Å². The van der Waals surface area contributed by atoms with E-state index in [0.29, 0.717) is 16.6 Å². The van der Waals surface area contributed by atoms with Crippen LogP contribution in [0.3, 0.4) is 0 Å². The summed E-state index contributed by atoms with van der Waals surface area (Å²) >= 11 is 3.23. The molecule has 1 amide bonds. The fraction of sp³-hybridized carbons (Fsp3) is 0.462. The lowest BCUT2D eigenvalue weighted by molar-refractivity contribution is -0.120. The van der Waals surface area contributed by atoms with Crippen molar-refractivity contribution in [3.8, 4) is 5.75 Å². The second-order valence-corrected chi connectivity index (χ2v) is 7.25. The van der Waals surface area contributed by atoms with Gasteiger partial charge in [0.2, 0.25) is 15.9 Å². The van der Waals surface area contributed by atoms with Gasteiger partial charge in [-0.25, -0.2) is 8.42 Å². The van der Waals surface area contributed by atoms with Crippen LogP contribution in [0.2, 0.25) is 0 Å². The van der Waals surface area contributed by atoms with Crippen LogP contribution in [0, 0.1) is 5.92 Å². The Hall–Kier alpha value is -1.12. The lowest BCUT2D eigenvalue weighted by atomic mass is 10.00. The van der Waals surface area contributed by atoms with Crippen LogP contribution >= 0.6 is 15.9 Å². The topological polar surface area (TPSA) is 98.5 Å². The van der Waals surface area contributed by atoms with Gasteiger partial charge in [-0.3, -0.25) is 4.79 Å². The molecule has 6 nitrogen and oxygen atoms in total. The van der Waals surface area contributed by atoms with Gasteiger partial charge in [0.05, 0.1) is 16.5 Å². The Labute approximate surface area is 133 Å². The Morgan fingerprint density at radius 1 is 1.48 bits per heavy atom. The van der Waals surface area contributed by atoms with Crippen LogP contribution in [0.25, 0.3) is 0 Å². The summed E-state index contributed by atoms with van der Waals surface area (Å²) in [6, 6.07) is 3.40. The number of primary amides is 1. The summed E-state index contributed by atoms with van der Waals surface area (Å²) in [6.07, 6.45) is 0.627. The van der Waals surface area contributed by atoms with E-state index >= 15 is 0 Å². The minimum Gasteiger partial charge on any atom is -0.496 e. The Kier molecular flexibility index (Phi) is 6.18. The van der Waals surface area contributed by atoms with Crippen LogP contribution < -0.4 is 15.2 Å². The number of hydrogen-bond acceptors (Lipinski definition) is 4. The summed E-state index contributed by atoms with van der Waals surface area (Å²) < 4.78 is 32.6. The molecule has 0 aliphatic carbocycles. The predicted octanol–water partition coefficient (Wildman–Crippen LogP) is 1.64. The van der Waals surface area contributed by atoms with Gasteiger partial charge in [0.1, 0.15) is 11.8 Å². The molecule has 0 saturated heterocycles. The van der Waals surface area contributed by atoms with Gasteiger partial charge < -0.3 is 10.5 Å². The monoisotopic (exact) mass is 378 g/mol. The van der Waals surface area contributed by atoms with E-state index in [0.717, 1.165) is 0 Å². The second kappa shape index (κ2) is 7.24. The number of methoxy groups -OCH3 is 1. The van der Waals surface area contributed by atoms with Gasteiger partial charge in [0.25, 0.3) is 0 Å². The first-order chi connectivity index (χ1) is 9.72. The van der Waals surface area contributed by atoms with Gasteiger partial charge >= 0.3 is 0 Å². The number of sulfonamides is 1. The minimum absolute atomic E-state index is 0.0322. The Bertz CT molecular complexity index is 619. The van der Waals surface area contributed by atoms with Crippen molar-refractivity contribution in [1.29, 1.82) is 0 Å². The van der Waals surface area contributed by atoms with Crippen molar-refractivity contribution in [2.24, 2.45) is 11.7 Å². The highest BCUT2D eigenvalue weighted by Crippen LogP contribution is 2.27. The Morgan fingerprint density at radius 3 is 2.52 bits per heavy atom. The summed E-state index contributed by atoms with van der Waals surface area (Å²) in [5.41, 5.74) is 5.28. The van der Waals surface area contributed by atoms with Gasteiger partial charge in [-0.05, 0) is 40.0 Å². The average Bonchev–Trinajstić information content (AvgIpc) is 2.43. The van der Waals surface area contributed by atoms with Crippen molar-refractivity contribution >= 4 is 31.9 Å². The number of carbonyl (C=O) groups excluding carboxylic acids is 1. The molecule has 118 valence electrons. The summed E-state index contributed by atoms with van der Waals surface area (Å²) in [5.74, 6) is -0.373. The summed E-state index contributed by atoms with van der Waals surface area (Å²) in [5, 5.41) is 0. The molecule has 2 unspecified atom stereocenters. The van der Waals surface area contributed by atoms with Crippen molar-refractivity contribution in [2.75, 3.05) is 7.11 Å². The first-order valence-electron chi connectivity index (χ1n) is 6.38. The molecule has 1 aromatic rings. The van der Waals surface area contributed by atoms with Crippen LogP contribution in [0.5, 0.6) is 5.75 Å². The van der Waals surface area contributed by atoms with Crippen LogP contribution in [0.1, 0.15) is 20.3 Å². The fourth-order valence-electron chi connectivity index (χ4n) is 1.74. The van der Waals surface area contributed by atoms with E-state index < -0.39 is 22.0 Å². The molecule has 0 heterocycles. The number of halogens is 1. The molecule has 1 rings (SSSR count). The van der Waals surface area contributed by atoms with Gasteiger partial charge in [-0.2, -0.15) is 4.72 Å². The number of hydrogen-bond donors (Lipinski definition) is 2. The zero-order valence-corrected chi connectivity index (χ0v) is 14.5. The van der Waals surface area contributed by atoms with Gasteiger partial charge in [0, 0.05) is 0 Å². The maximum absolute atomic E-state index is 12.3. The van der Waals surface area contributed by atoms with Crippen molar-refractivity contribution in [3.05, 3.63) is 22.7 Å². The number of carbonyl (C=O) groups is 1. The quantitative estimate of drug-likeness (QED) is 0.752. The van der Waals surface area contributed by atoms with E-state index in [1.807, 2.05) is 6.92 Å². The van der Waals surface area contributed by atoms with E-state index in [2.05, 4.69) is 20.7 Å². The van der Waals surface area contributed by atoms with Crippen LogP contribution in [0.15, 0.2) is 27.6 Å². The molecule has 1 aromatic carbocycles. The minimum atomic E-state index is -3.84. The van der Waals surface area contributed by atoms with Crippen molar-refractivity contribution in [1.82, 2.24) is 4.72 Å². The van der Waals surface area contributed by atoms with Gasteiger partial charge in [-0.1, -0.05) is 20.3 Å². The molecular formula is C13H19BrN2O4S. The summed E-state index contributed by atoms with van der Waals surface area (Å²) in [6.45, 7) is 3.63. The molecule has 8 heteroatoms. The lowest BCUT2D eigenvalue weighted by Crippen LogP contribution is -2.48. The van der Waals surface area contributed by atoms with Crippen LogP contribution in [-0.4, -0.2) is 27.5 Å². The zero-order chi connectivity index (χ0) is 16.2. The zero-order valence-electron chi connectivity index (χ0n) is 12.1. The lowest BCUT2D eigenvalue weighted by Gasteiger charge is -2.21. The third-order valence-corrected chi connectivity index (χ3v) is 5.29. The maximum Gasteiger partial charge on any atom is 0.241 e. The highest BCUT2D eigenvalue weighted by atomic mass is 79.9. The first kappa shape index (κ1) is 17.9. The molecule has 3 N–H and O–H groups in total. The largest absolute Gasteiger partial charge is 0.496 e. The molecule has 21 heavy (non-hydrogen) atoms. The van der Waals surface area contributed by atoms with E-state index in [1.54, 1.807) is 6.92 Å². The molecule has 0 aromatic heterocycles. The molecule has 0 spiro atoms. The normalized spacial score (nSPS) is 14.5. The van der Waals surface area contributed by atoms with E-state index in [4.69, 9.17) is 10.5 Å². The van der Waals surface area contributed by atoms with E-state index in [1.165, 1.54) is 25.3 Å². The highest BCUT2D eigenvalue weighted by molar-refractivity contribution is 9.10. The molecule has 0 aliphatic heterocycles. The fourth-order valence-corrected chi connectivity index (χ4v) is 3.77. The molecule has 0 aliphatic rings. The predicted molar refractivity (Wildman–Crippen MR) is 83.5 cm³/mol. The van der Waals surface area contributed by atoms with Crippen LogP contribution in [0.4, 0.5) is 0 Å². The van der Waals surface area contributed by atoms with Gasteiger partial charge in [0.15, 0.2) is 0 Å². The molecule has 0 bridgehead atoms. The smallest absolute Gasteiger partial charge is 0.241 e. The molecule has 0 radical (unpaired) electrons. The second-order valence-electron chi connectivity index (χ2n) is 4.68. The van der Waals surface area contributed by atoms with Crippen molar-refractivity contribution < 1.29 is 17.9 Å². The molecule has 0 fully saturated rings. The summed E-state index contributed by atoms with van der Waals surface area (Å²) in [4.78, 5) is 11.5. The number of nitrogens with one attached hydrogen (secondary N) is 1. The molecule has 0 saturated carbocycles. The third-order valence-electron chi connectivity index (χ3n) is 3.24. The van der Waals surface area contributed by atoms with Crippen molar-refractivity contribution in [3.63, 3.8) is 0 Å². The molecule has 2 atom stereocenters. The van der Waals surface area contributed by atoms with Gasteiger partial charge in [-0.15, -0.1) is 0 Å². The van der Waals surface area contributed by atoms with E-state index in [-0.39, 0.29) is 10.8 Å². The number of amides is 1.